The van der Waals surface area contributed by atoms with Gasteiger partial charge < -0.3 is 20.1 Å². The van der Waals surface area contributed by atoms with Gasteiger partial charge in [-0.1, -0.05) is 18.2 Å². The second kappa shape index (κ2) is 7.94. The number of hydrogen-bond donors (Lipinski definition) is 2. The van der Waals surface area contributed by atoms with Crippen LogP contribution in [0, 0.1) is 0 Å². The number of carbonyl (C=O) groups excluding carboxylic acids is 1. The summed E-state index contributed by atoms with van der Waals surface area (Å²) in [4.78, 5) is 24.0. The van der Waals surface area contributed by atoms with E-state index in [9.17, 15) is 9.59 Å². The number of carboxylic acids is 1. The Morgan fingerprint density at radius 2 is 2.05 bits per heavy atom. The monoisotopic (exact) mass is 292 g/mol. The highest BCUT2D eigenvalue weighted by atomic mass is 16.5. The molecule has 1 unspecified atom stereocenters. The molecule has 0 saturated carbocycles. The highest BCUT2D eigenvalue weighted by molar-refractivity contribution is 5.80. The lowest BCUT2D eigenvalue weighted by atomic mass is 10.1. The number of aliphatic carboxylic acids is 1. The molecule has 114 valence electrons. The van der Waals surface area contributed by atoms with Crippen LogP contribution in [0.1, 0.15) is 18.5 Å². The van der Waals surface area contributed by atoms with Crippen molar-refractivity contribution in [1.29, 1.82) is 0 Å². The van der Waals surface area contributed by atoms with Crippen molar-refractivity contribution in [2.45, 2.75) is 13.0 Å². The molecule has 0 heterocycles. The Labute approximate surface area is 124 Å². The lowest BCUT2D eigenvalue weighted by Gasteiger charge is -2.22. The molecule has 2 amide bonds. The fraction of sp³-hybridized carbons (Fsp3) is 0.333. The van der Waals surface area contributed by atoms with Crippen LogP contribution in [0.25, 0.3) is 0 Å². The molecule has 0 fully saturated rings. The van der Waals surface area contributed by atoms with Crippen molar-refractivity contribution in [3.05, 3.63) is 42.5 Å². The third-order valence-electron chi connectivity index (χ3n) is 2.92. The summed E-state index contributed by atoms with van der Waals surface area (Å²) in [7, 11) is 1.58. The van der Waals surface area contributed by atoms with E-state index in [1.165, 1.54) is 11.0 Å². The van der Waals surface area contributed by atoms with E-state index < -0.39 is 12.0 Å². The number of hydrogen-bond acceptors (Lipinski definition) is 3. The molecule has 6 nitrogen and oxygen atoms in total. The van der Waals surface area contributed by atoms with E-state index in [1.807, 2.05) is 19.1 Å². The van der Waals surface area contributed by atoms with Gasteiger partial charge in [0.1, 0.15) is 12.3 Å². The number of nitrogens with zero attached hydrogens (tertiary/aromatic N) is 1. The molecule has 0 spiro atoms. The SMILES string of the molecule is C=CCN(CC(=O)O)C(=O)NC(C)c1ccc(OC)cc1. The predicted molar refractivity (Wildman–Crippen MR) is 79.3 cm³/mol. The first-order valence-corrected chi connectivity index (χ1v) is 6.50. The molecule has 0 aliphatic rings. The smallest absolute Gasteiger partial charge is 0.323 e. The lowest BCUT2D eigenvalue weighted by molar-refractivity contribution is -0.137. The van der Waals surface area contributed by atoms with Gasteiger partial charge in [0.2, 0.25) is 0 Å². The Morgan fingerprint density at radius 3 is 2.52 bits per heavy atom. The fourth-order valence-electron chi connectivity index (χ4n) is 1.79. The second-order valence-corrected chi connectivity index (χ2v) is 4.51. The standard InChI is InChI=1S/C15H20N2O4/c1-4-9-17(10-14(18)19)15(20)16-11(2)12-5-7-13(21-3)8-6-12/h4-8,11H,1,9-10H2,2-3H3,(H,16,20)(H,18,19). The van der Waals surface area contributed by atoms with Gasteiger partial charge in [0.05, 0.1) is 13.2 Å². The van der Waals surface area contributed by atoms with Gasteiger partial charge in [0.25, 0.3) is 0 Å². The van der Waals surface area contributed by atoms with Crippen LogP contribution in [0.15, 0.2) is 36.9 Å². The number of urea groups is 1. The summed E-state index contributed by atoms with van der Waals surface area (Å²) in [5.74, 6) is -0.333. The molecule has 1 aromatic rings. The van der Waals surface area contributed by atoms with Crippen molar-refractivity contribution >= 4 is 12.0 Å². The first kappa shape index (κ1) is 16.6. The zero-order chi connectivity index (χ0) is 15.8. The maximum atomic E-state index is 12.1. The average molecular weight is 292 g/mol. The quantitative estimate of drug-likeness (QED) is 0.754. The van der Waals surface area contributed by atoms with Crippen LogP contribution >= 0.6 is 0 Å². The zero-order valence-electron chi connectivity index (χ0n) is 12.2. The van der Waals surface area contributed by atoms with Crippen molar-refractivity contribution < 1.29 is 19.4 Å². The molecule has 0 radical (unpaired) electrons. The summed E-state index contributed by atoms with van der Waals surface area (Å²) in [5, 5.41) is 11.6. The molecule has 0 saturated heterocycles. The predicted octanol–water partition coefficient (Wildman–Crippen LogP) is 2.04. The molecule has 6 heteroatoms. The average Bonchev–Trinajstić information content (AvgIpc) is 2.46. The summed E-state index contributed by atoms with van der Waals surface area (Å²) < 4.78 is 5.07. The zero-order valence-corrected chi connectivity index (χ0v) is 12.2. The number of carbonyl (C=O) groups is 2. The van der Waals surface area contributed by atoms with Gasteiger partial charge >= 0.3 is 12.0 Å². The summed E-state index contributed by atoms with van der Waals surface area (Å²) in [6, 6.07) is 6.61. The molecule has 0 aromatic heterocycles. The van der Waals surface area contributed by atoms with Crippen LogP contribution in [0.3, 0.4) is 0 Å². The molecule has 0 aliphatic carbocycles. The van der Waals surface area contributed by atoms with Crippen LogP contribution in [-0.2, 0) is 4.79 Å². The molecule has 0 aliphatic heterocycles. The Morgan fingerprint density at radius 1 is 1.43 bits per heavy atom. The van der Waals surface area contributed by atoms with E-state index in [0.29, 0.717) is 0 Å². The maximum Gasteiger partial charge on any atom is 0.323 e. The topological polar surface area (TPSA) is 78.9 Å². The maximum absolute atomic E-state index is 12.1. The van der Waals surface area contributed by atoms with Crippen molar-refractivity contribution in [2.75, 3.05) is 20.2 Å². The number of ether oxygens (including phenoxy) is 1. The number of amides is 2. The second-order valence-electron chi connectivity index (χ2n) is 4.51. The van der Waals surface area contributed by atoms with Gasteiger partial charge in [-0.2, -0.15) is 0 Å². The van der Waals surface area contributed by atoms with Crippen molar-refractivity contribution in [3.8, 4) is 5.75 Å². The molecule has 0 bridgehead atoms. The van der Waals surface area contributed by atoms with E-state index in [-0.39, 0.29) is 19.1 Å². The highest BCUT2D eigenvalue weighted by Gasteiger charge is 2.17. The Kier molecular flexibility index (Phi) is 6.26. The molecule has 21 heavy (non-hydrogen) atoms. The Hall–Kier alpha value is -2.50. The van der Waals surface area contributed by atoms with E-state index in [4.69, 9.17) is 9.84 Å². The first-order valence-electron chi connectivity index (χ1n) is 6.50. The van der Waals surface area contributed by atoms with Crippen molar-refractivity contribution in [1.82, 2.24) is 10.2 Å². The number of nitrogens with one attached hydrogen (secondary N) is 1. The van der Waals surface area contributed by atoms with Gasteiger partial charge in [-0.3, -0.25) is 4.79 Å². The van der Waals surface area contributed by atoms with Gasteiger partial charge in [-0.05, 0) is 24.6 Å². The Bertz CT molecular complexity index is 499. The first-order chi connectivity index (χ1) is 9.97. The van der Waals surface area contributed by atoms with Crippen LogP contribution in [-0.4, -0.2) is 42.2 Å². The largest absolute Gasteiger partial charge is 0.497 e. The van der Waals surface area contributed by atoms with E-state index >= 15 is 0 Å². The molecule has 2 N–H and O–H groups in total. The molecule has 1 aromatic carbocycles. The number of rotatable bonds is 7. The van der Waals surface area contributed by atoms with Crippen LogP contribution in [0.5, 0.6) is 5.75 Å². The van der Waals surface area contributed by atoms with E-state index in [0.717, 1.165) is 11.3 Å². The minimum atomic E-state index is -1.07. The summed E-state index contributed by atoms with van der Waals surface area (Å²) in [6.07, 6.45) is 1.49. The summed E-state index contributed by atoms with van der Waals surface area (Å²) in [5.41, 5.74) is 0.901. The number of carboxylic acid groups (broad SMARTS) is 1. The summed E-state index contributed by atoms with van der Waals surface area (Å²) >= 11 is 0. The normalized spacial score (nSPS) is 11.3. The van der Waals surface area contributed by atoms with Crippen LogP contribution in [0.2, 0.25) is 0 Å². The highest BCUT2D eigenvalue weighted by Crippen LogP contribution is 2.17. The molecule has 1 rings (SSSR count). The molecular formula is C15H20N2O4. The summed E-state index contributed by atoms with van der Waals surface area (Å²) in [6.45, 7) is 5.15. The van der Waals surface area contributed by atoms with Gasteiger partial charge in [-0.15, -0.1) is 6.58 Å². The van der Waals surface area contributed by atoms with Gasteiger partial charge in [0.15, 0.2) is 0 Å². The van der Waals surface area contributed by atoms with Gasteiger partial charge in [-0.25, -0.2) is 4.79 Å². The third kappa shape index (κ3) is 5.18. The molecule has 1 atom stereocenters. The molecular weight excluding hydrogens is 272 g/mol. The van der Waals surface area contributed by atoms with Crippen molar-refractivity contribution in [3.63, 3.8) is 0 Å². The fourth-order valence-corrected chi connectivity index (χ4v) is 1.79. The number of methoxy groups -OCH3 is 1. The minimum Gasteiger partial charge on any atom is -0.497 e. The Balaban J connectivity index is 2.69. The number of benzene rings is 1. The van der Waals surface area contributed by atoms with E-state index in [2.05, 4.69) is 11.9 Å². The van der Waals surface area contributed by atoms with Gasteiger partial charge in [0, 0.05) is 6.54 Å². The van der Waals surface area contributed by atoms with E-state index in [1.54, 1.807) is 19.2 Å². The minimum absolute atomic E-state index is 0.174. The lowest BCUT2D eigenvalue weighted by Crippen LogP contribution is -2.43. The van der Waals surface area contributed by atoms with Crippen molar-refractivity contribution in [2.24, 2.45) is 0 Å². The van der Waals surface area contributed by atoms with Crippen LogP contribution < -0.4 is 10.1 Å². The third-order valence-corrected chi connectivity index (χ3v) is 2.92. The van der Waals surface area contributed by atoms with Crippen LogP contribution in [0.4, 0.5) is 4.79 Å².